The highest BCUT2D eigenvalue weighted by molar-refractivity contribution is 5.69. The molecule has 1 unspecified atom stereocenters. The van der Waals surface area contributed by atoms with Gasteiger partial charge >= 0.3 is 5.97 Å². The second-order valence-electron chi connectivity index (χ2n) is 8.27. The van der Waals surface area contributed by atoms with Gasteiger partial charge < -0.3 is 14.6 Å². The van der Waals surface area contributed by atoms with Gasteiger partial charge in [-0.05, 0) is 64.2 Å². The zero-order valence-electron chi connectivity index (χ0n) is 18.4. The van der Waals surface area contributed by atoms with Crippen LogP contribution in [-0.4, -0.2) is 36.5 Å². The van der Waals surface area contributed by atoms with Crippen molar-refractivity contribution in [2.75, 3.05) is 7.11 Å². The van der Waals surface area contributed by atoms with Crippen molar-refractivity contribution in [3.63, 3.8) is 0 Å². The van der Waals surface area contributed by atoms with Crippen molar-refractivity contribution < 1.29 is 19.4 Å². The Bertz CT molecular complexity index is 469. The van der Waals surface area contributed by atoms with Gasteiger partial charge in [0, 0.05) is 13.5 Å². The maximum atomic E-state index is 11.5. The van der Waals surface area contributed by atoms with Crippen LogP contribution in [0.2, 0.25) is 0 Å². The van der Waals surface area contributed by atoms with Crippen LogP contribution in [-0.2, 0) is 14.3 Å². The van der Waals surface area contributed by atoms with Crippen LogP contribution >= 0.6 is 0 Å². The van der Waals surface area contributed by atoms with Crippen molar-refractivity contribution in [3.8, 4) is 0 Å². The summed E-state index contributed by atoms with van der Waals surface area (Å²) in [4.78, 5) is 11.5. The molecule has 4 nitrogen and oxygen atoms in total. The van der Waals surface area contributed by atoms with E-state index in [2.05, 4.69) is 31.2 Å². The summed E-state index contributed by atoms with van der Waals surface area (Å²) in [6.45, 7) is 5.96. The minimum absolute atomic E-state index is 0.0405. The molecule has 0 amide bonds. The van der Waals surface area contributed by atoms with Crippen LogP contribution < -0.4 is 0 Å². The number of carbonyl (C=O) groups excluding carboxylic acids is 1. The molecule has 0 aromatic carbocycles. The first-order valence-electron chi connectivity index (χ1n) is 11.2. The quantitative estimate of drug-likeness (QED) is 0.237. The maximum absolute atomic E-state index is 11.5. The first kappa shape index (κ1) is 24.9. The van der Waals surface area contributed by atoms with E-state index < -0.39 is 0 Å². The fraction of sp³-hybridized carbons (Fsp3) is 0.792. The van der Waals surface area contributed by atoms with Crippen LogP contribution in [0.15, 0.2) is 24.3 Å². The van der Waals surface area contributed by atoms with E-state index in [1.807, 2.05) is 13.8 Å². The van der Waals surface area contributed by atoms with Gasteiger partial charge in [0.2, 0.25) is 0 Å². The molecule has 0 heterocycles. The van der Waals surface area contributed by atoms with Crippen molar-refractivity contribution in [3.05, 3.63) is 24.3 Å². The molecule has 1 aliphatic rings. The van der Waals surface area contributed by atoms with Gasteiger partial charge in [-0.2, -0.15) is 0 Å². The summed E-state index contributed by atoms with van der Waals surface area (Å²) in [5, 5.41) is 10.4. The number of hydrogen-bond donors (Lipinski definition) is 1. The van der Waals surface area contributed by atoms with E-state index in [0.717, 1.165) is 38.5 Å². The van der Waals surface area contributed by atoms with Gasteiger partial charge in [-0.3, -0.25) is 4.79 Å². The molecule has 1 aliphatic carbocycles. The summed E-state index contributed by atoms with van der Waals surface area (Å²) in [5.74, 6) is 0.586. The van der Waals surface area contributed by atoms with E-state index in [1.165, 1.54) is 19.3 Å². The summed E-state index contributed by atoms with van der Waals surface area (Å²) in [5.41, 5.74) is 0. The van der Waals surface area contributed by atoms with Gasteiger partial charge in [-0.1, -0.05) is 50.5 Å². The second-order valence-corrected chi connectivity index (χ2v) is 8.27. The van der Waals surface area contributed by atoms with Crippen molar-refractivity contribution in [1.29, 1.82) is 0 Å². The Morgan fingerprint density at radius 1 is 1.18 bits per heavy atom. The lowest BCUT2D eigenvalue weighted by molar-refractivity contribution is -0.147. The summed E-state index contributed by atoms with van der Waals surface area (Å²) in [6.07, 6.45) is 18.4. The normalized spacial score (nSPS) is 23.9. The number of aliphatic hydroxyl groups is 1. The third-order valence-electron chi connectivity index (χ3n) is 5.50. The van der Waals surface area contributed by atoms with E-state index in [0.29, 0.717) is 12.3 Å². The highest BCUT2D eigenvalue weighted by Gasteiger charge is 2.32. The van der Waals surface area contributed by atoms with Gasteiger partial charge in [-0.15, -0.1) is 0 Å². The number of allylic oxidation sites excluding steroid dienone is 3. The Hall–Kier alpha value is -1.13. The smallest absolute Gasteiger partial charge is 0.306 e. The molecule has 1 rings (SSSR count). The molecule has 0 radical (unpaired) electrons. The first-order valence-corrected chi connectivity index (χ1v) is 11.2. The molecular weight excluding hydrogens is 352 g/mol. The van der Waals surface area contributed by atoms with E-state index >= 15 is 0 Å². The molecule has 0 aromatic rings. The number of unbranched alkanes of at least 4 members (excludes halogenated alkanes) is 3. The van der Waals surface area contributed by atoms with Crippen LogP contribution in [0.5, 0.6) is 0 Å². The van der Waals surface area contributed by atoms with Crippen LogP contribution in [0, 0.1) is 11.8 Å². The summed E-state index contributed by atoms with van der Waals surface area (Å²) < 4.78 is 10.7. The van der Waals surface area contributed by atoms with Crippen molar-refractivity contribution >= 4 is 5.97 Å². The van der Waals surface area contributed by atoms with Gasteiger partial charge in [0.1, 0.15) is 0 Å². The van der Waals surface area contributed by atoms with Crippen molar-refractivity contribution in [2.24, 2.45) is 11.8 Å². The lowest BCUT2D eigenvalue weighted by atomic mass is 9.90. The molecule has 162 valence electrons. The standard InChI is InChI=1S/C24H42O4/c1-5-6-9-12-21(27-4)17-15-20-16-18-23(25)22(20)13-10-7-8-11-14-24(26)28-19(2)3/h7,10,15,17,19-23,25H,5-6,8-9,11-14,16,18H2,1-4H3/b10-7-,17-15+/t20?,21-,22+,23-/m0/s1. The highest BCUT2D eigenvalue weighted by atomic mass is 16.5. The largest absolute Gasteiger partial charge is 0.463 e. The Labute approximate surface area is 172 Å². The molecule has 0 bridgehead atoms. The van der Waals surface area contributed by atoms with Crippen molar-refractivity contribution in [2.45, 2.75) is 103 Å². The van der Waals surface area contributed by atoms with E-state index in [-0.39, 0.29) is 30.2 Å². The zero-order valence-corrected chi connectivity index (χ0v) is 18.4. The van der Waals surface area contributed by atoms with E-state index in [9.17, 15) is 9.90 Å². The molecular formula is C24H42O4. The fourth-order valence-electron chi connectivity index (χ4n) is 3.86. The highest BCUT2D eigenvalue weighted by Crippen LogP contribution is 2.36. The number of hydrogen-bond acceptors (Lipinski definition) is 4. The van der Waals surface area contributed by atoms with Gasteiger partial charge in [0.15, 0.2) is 0 Å². The second kappa shape index (κ2) is 14.8. The predicted molar refractivity (Wildman–Crippen MR) is 115 cm³/mol. The SMILES string of the molecule is CCCCC[C@@H](/C=C/C1CC[C@H](O)[C@@H]1C/C=C\CCCC(=O)OC(C)C)OC. The number of ether oxygens (including phenoxy) is 2. The van der Waals surface area contributed by atoms with Crippen molar-refractivity contribution in [1.82, 2.24) is 0 Å². The maximum Gasteiger partial charge on any atom is 0.306 e. The van der Waals surface area contributed by atoms with Crippen LogP contribution in [0.3, 0.4) is 0 Å². The third kappa shape index (κ3) is 10.4. The third-order valence-corrected chi connectivity index (χ3v) is 5.50. The topological polar surface area (TPSA) is 55.8 Å². The minimum atomic E-state index is -0.221. The Morgan fingerprint density at radius 2 is 1.96 bits per heavy atom. The summed E-state index contributed by atoms with van der Waals surface area (Å²) >= 11 is 0. The van der Waals surface area contributed by atoms with E-state index in [4.69, 9.17) is 9.47 Å². The summed E-state index contributed by atoms with van der Waals surface area (Å²) in [7, 11) is 1.78. The van der Waals surface area contributed by atoms with Crippen LogP contribution in [0.25, 0.3) is 0 Å². The number of rotatable bonds is 14. The molecule has 0 aromatic heterocycles. The monoisotopic (exact) mass is 394 g/mol. The molecule has 28 heavy (non-hydrogen) atoms. The molecule has 4 heteroatoms. The van der Waals surface area contributed by atoms with Gasteiger partial charge in [0.25, 0.3) is 0 Å². The molecule has 4 atom stereocenters. The molecule has 0 aliphatic heterocycles. The lowest BCUT2D eigenvalue weighted by Crippen LogP contribution is -2.18. The number of methoxy groups -OCH3 is 1. The molecule has 1 N–H and O–H groups in total. The van der Waals surface area contributed by atoms with Gasteiger partial charge in [0.05, 0.1) is 18.3 Å². The Kier molecular flexibility index (Phi) is 13.2. The number of esters is 1. The number of aliphatic hydroxyl groups excluding tert-OH is 1. The molecule has 1 saturated carbocycles. The lowest BCUT2D eigenvalue weighted by Gasteiger charge is -2.19. The molecule has 1 fully saturated rings. The van der Waals surface area contributed by atoms with Crippen LogP contribution in [0.4, 0.5) is 0 Å². The zero-order chi connectivity index (χ0) is 20.8. The van der Waals surface area contributed by atoms with Gasteiger partial charge in [-0.25, -0.2) is 0 Å². The Balaban J connectivity index is 2.37. The molecule has 0 spiro atoms. The average molecular weight is 395 g/mol. The van der Waals surface area contributed by atoms with E-state index in [1.54, 1.807) is 7.11 Å². The minimum Gasteiger partial charge on any atom is -0.463 e. The number of carbonyl (C=O) groups is 1. The molecule has 0 saturated heterocycles. The Morgan fingerprint density at radius 3 is 2.64 bits per heavy atom. The fourth-order valence-corrected chi connectivity index (χ4v) is 3.86. The first-order chi connectivity index (χ1) is 13.5. The predicted octanol–water partition coefficient (Wildman–Crippen LogP) is 5.59. The van der Waals surface area contributed by atoms with Crippen LogP contribution in [0.1, 0.15) is 85.0 Å². The average Bonchev–Trinajstić information content (AvgIpc) is 3.00. The summed E-state index contributed by atoms with van der Waals surface area (Å²) in [6, 6.07) is 0.